The Morgan fingerprint density at radius 1 is 1.16 bits per heavy atom. The summed E-state index contributed by atoms with van der Waals surface area (Å²) in [5.41, 5.74) is 0.540. The van der Waals surface area contributed by atoms with Crippen molar-refractivity contribution in [1.82, 2.24) is 14.8 Å². The lowest BCUT2D eigenvalue weighted by molar-refractivity contribution is -0.113. The highest BCUT2D eigenvalue weighted by atomic mass is 35.5. The molecule has 1 unspecified atom stereocenters. The van der Waals surface area contributed by atoms with Crippen LogP contribution in [0.1, 0.15) is 32.7 Å². The van der Waals surface area contributed by atoms with Gasteiger partial charge in [-0.15, -0.1) is 10.2 Å². The Morgan fingerprint density at radius 3 is 2.55 bits per heavy atom. The molecule has 0 aliphatic rings. The summed E-state index contributed by atoms with van der Waals surface area (Å²) >= 11 is 7.50. The van der Waals surface area contributed by atoms with E-state index in [0.29, 0.717) is 39.9 Å². The average Bonchev–Trinajstić information content (AvgIpc) is 3.12. The molecule has 0 aliphatic carbocycles. The minimum absolute atomic E-state index is 0.146. The maximum Gasteiger partial charge on any atom is 0.234 e. The Hall–Kier alpha value is -2.58. The van der Waals surface area contributed by atoms with E-state index < -0.39 is 0 Å². The molecule has 0 aliphatic heterocycles. The molecule has 0 saturated heterocycles. The van der Waals surface area contributed by atoms with Crippen molar-refractivity contribution in [2.45, 2.75) is 38.6 Å². The Kier molecular flexibility index (Phi) is 7.92. The van der Waals surface area contributed by atoms with E-state index in [2.05, 4.69) is 29.4 Å². The fourth-order valence-corrected chi connectivity index (χ4v) is 3.82. The van der Waals surface area contributed by atoms with Gasteiger partial charge in [-0.05, 0) is 49.2 Å². The van der Waals surface area contributed by atoms with Crippen LogP contribution >= 0.6 is 23.4 Å². The van der Waals surface area contributed by atoms with Gasteiger partial charge in [-0.3, -0.25) is 4.79 Å². The van der Waals surface area contributed by atoms with Crippen molar-refractivity contribution in [1.29, 1.82) is 0 Å². The van der Waals surface area contributed by atoms with Crippen LogP contribution in [0.3, 0.4) is 0 Å². The van der Waals surface area contributed by atoms with Gasteiger partial charge in [0.25, 0.3) is 0 Å². The molecule has 9 heteroatoms. The van der Waals surface area contributed by atoms with Gasteiger partial charge < -0.3 is 14.6 Å². The number of thioether (sulfide) groups is 1. The lowest BCUT2D eigenvalue weighted by Gasteiger charge is -2.18. The van der Waals surface area contributed by atoms with E-state index in [9.17, 15) is 9.18 Å². The molecule has 1 aromatic heterocycles. The molecule has 1 N–H and O–H groups in total. The predicted molar refractivity (Wildman–Crippen MR) is 121 cm³/mol. The van der Waals surface area contributed by atoms with Gasteiger partial charge in [0.05, 0.1) is 10.8 Å². The summed E-state index contributed by atoms with van der Waals surface area (Å²) in [7, 11) is 0. The lowest BCUT2D eigenvalue weighted by atomic mass is 10.2. The number of hydrogen-bond acceptors (Lipinski definition) is 5. The van der Waals surface area contributed by atoms with E-state index in [1.165, 1.54) is 36.0 Å². The summed E-state index contributed by atoms with van der Waals surface area (Å²) < 4.78 is 21.0. The Labute approximate surface area is 190 Å². The number of anilines is 1. The number of para-hydroxylation sites is 1. The van der Waals surface area contributed by atoms with Crippen LogP contribution < -0.4 is 10.1 Å². The van der Waals surface area contributed by atoms with E-state index in [-0.39, 0.29) is 23.6 Å². The highest BCUT2D eigenvalue weighted by molar-refractivity contribution is 7.99. The van der Waals surface area contributed by atoms with Crippen LogP contribution in [0.4, 0.5) is 10.1 Å². The fraction of sp³-hybridized carbons (Fsp3) is 0.318. The molecule has 1 atom stereocenters. The van der Waals surface area contributed by atoms with Crippen molar-refractivity contribution in [3.05, 3.63) is 65.2 Å². The second-order valence-electron chi connectivity index (χ2n) is 7.38. The number of carbonyl (C=O) groups excluding carboxylic acids is 1. The minimum atomic E-state index is -0.381. The number of rotatable bonds is 9. The molecule has 0 fully saturated rings. The molecule has 0 spiro atoms. The Bertz CT molecular complexity index is 1030. The van der Waals surface area contributed by atoms with Crippen molar-refractivity contribution >= 4 is 35.0 Å². The third kappa shape index (κ3) is 6.45. The van der Waals surface area contributed by atoms with Crippen LogP contribution in [0.5, 0.6) is 5.75 Å². The average molecular weight is 463 g/mol. The zero-order valence-corrected chi connectivity index (χ0v) is 19.1. The first kappa shape index (κ1) is 23.1. The SMILES string of the molecule is CC(C)Cn1c(SCC(=O)Nc2ccc(F)cc2)nnc1C(C)Oc1ccccc1Cl. The molecule has 3 aromatic rings. The van der Waals surface area contributed by atoms with Gasteiger partial charge in [0.2, 0.25) is 5.91 Å². The molecular weight excluding hydrogens is 439 g/mol. The normalized spacial score (nSPS) is 12.1. The molecule has 1 heterocycles. The number of halogens is 2. The minimum Gasteiger partial charge on any atom is -0.481 e. The van der Waals surface area contributed by atoms with Crippen LogP contribution in [0.2, 0.25) is 5.02 Å². The summed E-state index contributed by atoms with van der Waals surface area (Å²) in [6, 6.07) is 12.9. The number of ether oxygens (including phenoxy) is 1. The predicted octanol–water partition coefficient (Wildman–Crippen LogP) is 5.60. The van der Waals surface area contributed by atoms with E-state index in [1.54, 1.807) is 12.1 Å². The van der Waals surface area contributed by atoms with Gasteiger partial charge >= 0.3 is 0 Å². The second kappa shape index (κ2) is 10.6. The summed E-state index contributed by atoms with van der Waals surface area (Å²) in [6.07, 6.45) is -0.381. The molecule has 0 bridgehead atoms. The Morgan fingerprint density at radius 2 is 1.87 bits per heavy atom. The quantitative estimate of drug-likeness (QED) is 0.419. The second-order valence-corrected chi connectivity index (χ2v) is 8.73. The third-order valence-electron chi connectivity index (χ3n) is 4.26. The van der Waals surface area contributed by atoms with Crippen molar-refractivity contribution < 1.29 is 13.9 Å². The number of aromatic nitrogens is 3. The first-order chi connectivity index (χ1) is 14.8. The number of nitrogens with one attached hydrogen (secondary N) is 1. The third-order valence-corrected chi connectivity index (χ3v) is 5.54. The standard InChI is InChI=1S/C22H24ClFN4O2S/c1-14(2)12-28-21(15(3)30-19-7-5-4-6-18(19)23)26-27-22(28)31-13-20(29)25-17-10-8-16(24)9-11-17/h4-11,14-15H,12-13H2,1-3H3,(H,25,29). The molecule has 164 valence electrons. The number of amides is 1. The summed E-state index contributed by atoms with van der Waals surface area (Å²) in [5, 5.41) is 12.5. The smallest absolute Gasteiger partial charge is 0.234 e. The monoisotopic (exact) mass is 462 g/mol. The van der Waals surface area contributed by atoms with Gasteiger partial charge in [-0.1, -0.05) is 49.3 Å². The number of benzene rings is 2. The number of nitrogens with zero attached hydrogens (tertiary/aromatic N) is 3. The van der Waals surface area contributed by atoms with E-state index >= 15 is 0 Å². The first-order valence-electron chi connectivity index (χ1n) is 9.86. The van der Waals surface area contributed by atoms with Gasteiger partial charge in [0.1, 0.15) is 11.6 Å². The molecule has 3 rings (SSSR count). The maximum absolute atomic E-state index is 13.0. The lowest BCUT2D eigenvalue weighted by Crippen LogP contribution is -2.17. The molecule has 31 heavy (non-hydrogen) atoms. The summed E-state index contributed by atoms with van der Waals surface area (Å²) in [4.78, 5) is 12.3. The number of carbonyl (C=O) groups is 1. The van der Waals surface area contributed by atoms with Gasteiger partial charge in [-0.2, -0.15) is 0 Å². The van der Waals surface area contributed by atoms with Crippen LogP contribution in [0.15, 0.2) is 53.7 Å². The van der Waals surface area contributed by atoms with Crippen molar-refractivity contribution in [3.8, 4) is 5.75 Å². The van der Waals surface area contributed by atoms with Gasteiger partial charge in [-0.25, -0.2) is 4.39 Å². The molecule has 2 aromatic carbocycles. The summed E-state index contributed by atoms with van der Waals surface area (Å²) in [5.74, 6) is 1.16. The van der Waals surface area contributed by atoms with Crippen LogP contribution in [0.25, 0.3) is 0 Å². The number of hydrogen-bond donors (Lipinski definition) is 1. The van der Waals surface area contributed by atoms with Crippen LogP contribution in [-0.4, -0.2) is 26.4 Å². The zero-order chi connectivity index (χ0) is 22.4. The van der Waals surface area contributed by atoms with Gasteiger partial charge in [0, 0.05) is 12.2 Å². The highest BCUT2D eigenvalue weighted by Gasteiger charge is 2.21. The van der Waals surface area contributed by atoms with Crippen LogP contribution in [0, 0.1) is 11.7 Å². The van der Waals surface area contributed by atoms with E-state index in [1.807, 2.05) is 23.6 Å². The Balaban J connectivity index is 1.70. The zero-order valence-electron chi connectivity index (χ0n) is 17.5. The fourth-order valence-electron chi connectivity index (χ4n) is 2.89. The van der Waals surface area contributed by atoms with E-state index in [0.717, 1.165) is 0 Å². The first-order valence-corrected chi connectivity index (χ1v) is 11.2. The maximum atomic E-state index is 13.0. The van der Waals surface area contributed by atoms with Crippen LogP contribution in [-0.2, 0) is 11.3 Å². The molecule has 1 amide bonds. The topological polar surface area (TPSA) is 69.0 Å². The van der Waals surface area contributed by atoms with Crippen molar-refractivity contribution in [2.75, 3.05) is 11.1 Å². The van der Waals surface area contributed by atoms with Crippen molar-refractivity contribution in [3.63, 3.8) is 0 Å². The summed E-state index contributed by atoms with van der Waals surface area (Å²) in [6.45, 7) is 6.76. The van der Waals surface area contributed by atoms with Crippen molar-refractivity contribution in [2.24, 2.45) is 5.92 Å². The van der Waals surface area contributed by atoms with E-state index in [4.69, 9.17) is 16.3 Å². The molecule has 0 radical (unpaired) electrons. The molecule has 6 nitrogen and oxygen atoms in total. The van der Waals surface area contributed by atoms with Gasteiger partial charge in [0.15, 0.2) is 17.1 Å². The largest absolute Gasteiger partial charge is 0.481 e. The highest BCUT2D eigenvalue weighted by Crippen LogP contribution is 2.30. The molecular formula is C22H24ClFN4O2S. The molecule has 0 saturated carbocycles.